The van der Waals surface area contributed by atoms with Crippen molar-refractivity contribution in [2.75, 3.05) is 20.1 Å². The van der Waals surface area contributed by atoms with E-state index in [0.29, 0.717) is 5.92 Å². The number of piperidine rings is 1. The van der Waals surface area contributed by atoms with Gasteiger partial charge in [-0.05, 0) is 37.1 Å². The first-order valence-electron chi connectivity index (χ1n) is 5.89. The van der Waals surface area contributed by atoms with Crippen LogP contribution in [0, 0.1) is 5.92 Å². The van der Waals surface area contributed by atoms with E-state index in [2.05, 4.69) is 4.90 Å². The molecule has 0 amide bonds. The number of benzene rings is 1. The normalized spacial score (nSPS) is 31.5. The van der Waals surface area contributed by atoms with Crippen molar-refractivity contribution in [3.05, 3.63) is 34.3 Å². The first-order valence-corrected chi connectivity index (χ1v) is 6.26. The quantitative estimate of drug-likeness (QED) is 0.757. The lowest BCUT2D eigenvalue weighted by atomic mass is 9.93. The highest BCUT2D eigenvalue weighted by Crippen LogP contribution is 2.59. The lowest BCUT2D eigenvalue weighted by Crippen LogP contribution is -2.22. The summed E-state index contributed by atoms with van der Waals surface area (Å²) in [6.07, 6.45) is -3.38. The molecule has 1 nitrogen and oxygen atoms in total. The van der Waals surface area contributed by atoms with Crippen LogP contribution in [-0.2, 0) is 11.6 Å². The van der Waals surface area contributed by atoms with Crippen LogP contribution in [0.2, 0.25) is 5.02 Å². The molecule has 2 aliphatic rings. The monoisotopic (exact) mass is 275 g/mol. The van der Waals surface area contributed by atoms with Gasteiger partial charge in [0.25, 0.3) is 0 Å². The number of rotatable bonds is 1. The van der Waals surface area contributed by atoms with Gasteiger partial charge in [0.2, 0.25) is 0 Å². The van der Waals surface area contributed by atoms with Crippen molar-refractivity contribution in [2.24, 2.45) is 5.92 Å². The lowest BCUT2D eigenvalue weighted by molar-refractivity contribution is -0.137. The predicted molar refractivity (Wildman–Crippen MR) is 63.7 cm³/mol. The minimum absolute atomic E-state index is 0.0562. The standard InChI is InChI=1S/C13H13ClF3N/c1-18-6-9-5-12(9,7-18)8-2-3-11(14)10(4-8)13(15,16)17/h2-4,9H,5-7H2,1H3/t9-,12?/m0/s1. The van der Waals surface area contributed by atoms with Gasteiger partial charge in [-0.3, -0.25) is 0 Å². The average molecular weight is 276 g/mol. The van der Waals surface area contributed by atoms with E-state index in [1.54, 1.807) is 6.07 Å². The summed E-state index contributed by atoms with van der Waals surface area (Å²) in [5, 5.41) is -0.216. The Hall–Kier alpha value is -0.740. The van der Waals surface area contributed by atoms with Crippen LogP contribution in [0.25, 0.3) is 0 Å². The molecular formula is C13H13ClF3N. The van der Waals surface area contributed by atoms with Gasteiger partial charge in [-0.2, -0.15) is 13.2 Å². The molecule has 1 aliphatic carbocycles. The van der Waals surface area contributed by atoms with E-state index in [9.17, 15) is 13.2 Å². The maximum Gasteiger partial charge on any atom is 0.417 e. The average Bonchev–Trinajstić information content (AvgIpc) is 2.81. The van der Waals surface area contributed by atoms with Crippen LogP contribution < -0.4 is 0 Å². The molecule has 98 valence electrons. The van der Waals surface area contributed by atoms with Crippen molar-refractivity contribution < 1.29 is 13.2 Å². The predicted octanol–water partition coefficient (Wildman–Crippen LogP) is 3.56. The zero-order valence-electron chi connectivity index (χ0n) is 9.89. The minimum Gasteiger partial charge on any atom is -0.305 e. The van der Waals surface area contributed by atoms with Gasteiger partial charge in [-0.25, -0.2) is 0 Å². The second-order valence-electron chi connectivity index (χ2n) is 5.45. The maximum absolute atomic E-state index is 12.8. The van der Waals surface area contributed by atoms with Gasteiger partial charge < -0.3 is 4.90 Å². The van der Waals surface area contributed by atoms with Gasteiger partial charge in [0.1, 0.15) is 0 Å². The van der Waals surface area contributed by atoms with E-state index >= 15 is 0 Å². The molecule has 0 aromatic heterocycles. The zero-order chi connectivity index (χ0) is 13.1. The Morgan fingerprint density at radius 1 is 1.39 bits per heavy atom. The van der Waals surface area contributed by atoms with Gasteiger partial charge in [0, 0.05) is 18.5 Å². The highest BCUT2D eigenvalue weighted by atomic mass is 35.5. The molecule has 0 N–H and O–H groups in total. The molecule has 1 saturated heterocycles. The Labute approximate surface area is 109 Å². The molecule has 18 heavy (non-hydrogen) atoms. The van der Waals surface area contributed by atoms with E-state index in [1.165, 1.54) is 12.1 Å². The Balaban J connectivity index is 2.00. The number of likely N-dealkylation sites (N-methyl/N-ethyl adjacent to an activating group) is 1. The van der Waals surface area contributed by atoms with Gasteiger partial charge in [-0.15, -0.1) is 0 Å². The molecule has 1 aromatic carbocycles. The highest BCUT2D eigenvalue weighted by molar-refractivity contribution is 6.31. The van der Waals surface area contributed by atoms with Crippen molar-refractivity contribution in [2.45, 2.75) is 18.0 Å². The van der Waals surface area contributed by atoms with Crippen LogP contribution in [0.5, 0.6) is 0 Å². The van der Waals surface area contributed by atoms with Crippen LogP contribution in [0.4, 0.5) is 13.2 Å². The second-order valence-corrected chi connectivity index (χ2v) is 5.85. The number of likely N-dealkylation sites (tertiary alicyclic amines) is 1. The molecule has 0 bridgehead atoms. The fraction of sp³-hybridized carbons (Fsp3) is 0.538. The first-order chi connectivity index (χ1) is 8.33. The number of alkyl halides is 3. The molecule has 1 heterocycles. The van der Waals surface area contributed by atoms with Crippen molar-refractivity contribution in [1.82, 2.24) is 4.90 Å². The lowest BCUT2D eigenvalue weighted by Gasteiger charge is -2.18. The SMILES string of the molecule is CN1C[C@@H]2CC2(c2ccc(Cl)c(C(F)(F)F)c2)C1. The van der Waals surface area contributed by atoms with E-state index in [1.807, 2.05) is 7.05 Å². The summed E-state index contributed by atoms with van der Waals surface area (Å²) in [6, 6.07) is 4.36. The van der Waals surface area contributed by atoms with E-state index in [4.69, 9.17) is 11.6 Å². The third kappa shape index (κ3) is 1.74. The fourth-order valence-electron chi connectivity index (χ4n) is 3.23. The number of hydrogen-bond acceptors (Lipinski definition) is 1. The molecule has 1 unspecified atom stereocenters. The molecule has 1 saturated carbocycles. The highest BCUT2D eigenvalue weighted by Gasteiger charge is 2.60. The fourth-order valence-corrected chi connectivity index (χ4v) is 3.46. The molecular weight excluding hydrogens is 263 g/mol. The van der Waals surface area contributed by atoms with E-state index in [-0.39, 0.29) is 10.4 Å². The largest absolute Gasteiger partial charge is 0.417 e. The van der Waals surface area contributed by atoms with Crippen LogP contribution in [-0.4, -0.2) is 25.0 Å². The molecule has 0 spiro atoms. The van der Waals surface area contributed by atoms with E-state index < -0.39 is 11.7 Å². The molecule has 1 aliphatic heterocycles. The third-order valence-electron chi connectivity index (χ3n) is 4.16. The van der Waals surface area contributed by atoms with Gasteiger partial charge in [0.15, 0.2) is 0 Å². The molecule has 5 heteroatoms. The zero-order valence-corrected chi connectivity index (χ0v) is 10.6. The number of fused-ring (bicyclic) bond motifs is 1. The van der Waals surface area contributed by atoms with Crippen molar-refractivity contribution >= 4 is 11.6 Å². The molecule has 0 radical (unpaired) electrons. The van der Waals surface area contributed by atoms with Crippen LogP contribution in [0.1, 0.15) is 17.5 Å². The summed E-state index contributed by atoms with van der Waals surface area (Å²) in [5.41, 5.74) is 0.0177. The molecule has 2 atom stereocenters. The molecule has 2 fully saturated rings. The Bertz CT molecular complexity index is 499. The summed E-state index contributed by atoms with van der Waals surface area (Å²) >= 11 is 5.64. The summed E-state index contributed by atoms with van der Waals surface area (Å²) < 4.78 is 38.5. The maximum atomic E-state index is 12.8. The Morgan fingerprint density at radius 3 is 2.67 bits per heavy atom. The summed E-state index contributed by atoms with van der Waals surface area (Å²) in [6.45, 7) is 1.82. The van der Waals surface area contributed by atoms with Crippen LogP contribution >= 0.6 is 11.6 Å². The third-order valence-corrected chi connectivity index (χ3v) is 4.49. The van der Waals surface area contributed by atoms with Gasteiger partial charge in [-0.1, -0.05) is 17.7 Å². The molecule has 3 rings (SSSR count). The summed E-state index contributed by atoms with van der Waals surface area (Å²) in [7, 11) is 2.01. The van der Waals surface area contributed by atoms with E-state index in [0.717, 1.165) is 25.1 Å². The second kappa shape index (κ2) is 3.64. The van der Waals surface area contributed by atoms with Crippen molar-refractivity contribution in [1.29, 1.82) is 0 Å². The first kappa shape index (κ1) is 12.3. The Morgan fingerprint density at radius 2 is 2.11 bits per heavy atom. The number of halogens is 4. The number of hydrogen-bond donors (Lipinski definition) is 0. The van der Waals surface area contributed by atoms with Crippen LogP contribution in [0.15, 0.2) is 18.2 Å². The van der Waals surface area contributed by atoms with Crippen molar-refractivity contribution in [3.8, 4) is 0 Å². The summed E-state index contributed by atoms with van der Waals surface area (Å²) in [5.74, 6) is 0.504. The van der Waals surface area contributed by atoms with Crippen molar-refractivity contribution in [3.63, 3.8) is 0 Å². The van der Waals surface area contributed by atoms with Crippen LogP contribution in [0.3, 0.4) is 0 Å². The van der Waals surface area contributed by atoms with Gasteiger partial charge >= 0.3 is 6.18 Å². The Kier molecular flexibility index (Phi) is 2.49. The number of nitrogens with zero attached hydrogens (tertiary/aromatic N) is 1. The topological polar surface area (TPSA) is 3.24 Å². The molecule has 1 aromatic rings. The summed E-state index contributed by atoms with van der Waals surface area (Å²) in [4.78, 5) is 2.18. The smallest absolute Gasteiger partial charge is 0.305 e. The minimum atomic E-state index is -4.38. The van der Waals surface area contributed by atoms with Gasteiger partial charge in [0.05, 0.1) is 10.6 Å².